The van der Waals surface area contributed by atoms with Crippen LogP contribution in [0.15, 0.2) is 42.5 Å². The molecule has 3 N–H and O–H groups in total. The molecular formula is C25H32ClN3O4. The SMILES string of the molecule is CNC(=O)NCC(Cc1ccc(OCC2CC2)cc1)NC(=O)c1ccc(OC(C)C)c(Cl)c1. The molecule has 3 rings (SSSR count). The van der Waals surface area contributed by atoms with E-state index in [0.29, 0.717) is 28.7 Å². The highest BCUT2D eigenvalue weighted by molar-refractivity contribution is 6.32. The number of hydrogen-bond donors (Lipinski definition) is 3. The summed E-state index contributed by atoms with van der Waals surface area (Å²) in [5, 5.41) is 8.66. The van der Waals surface area contributed by atoms with Crippen LogP contribution in [0.2, 0.25) is 5.02 Å². The van der Waals surface area contributed by atoms with Crippen LogP contribution in [0, 0.1) is 5.92 Å². The van der Waals surface area contributed by atoms with Crippen LogP contribution in [0.3, 0.4) is 0 Å². The second-order valence-corrected chi connectivity index (χ2v) is 8.95. The molecule has 0 spiro atoms. The van der Waals surface area contributed by atoms with E-state index in [1.165, 1.54) is 12.8 Å². The quantitative estimate of drug-likeness (QED) is 0.456. The molecule has 1 unspecified atom stereocenters. The molecule has 1 atom stereocenters. The molecular weight excluding hydrogens is 442 g/mol. The van der Waals surface area contributed by atoms with E-state index >= 15 is 0 Å². The van der Waals surface area contributed by atoms with E-state index in [-0.39, 0.29) is 30.6 Å². The highest BCUT2D eigenvalue weighted by Crippen LogP contribution is 2.29. The normalized spacial score (nSPS) is 13.8. The van der Waals surface area contributed by atoms with Gasteiger partial charge in [-0.3, -0.25) is 4.79 Å². The van der Waals surface area contributed by atoms with Crippen LogP contribution in [0.1, 0.15) is 42.6 Å². The van der Waals surface area contributed by atoms with Crippen LogP contribution in [0.4, 0.5) is 4.79 Å². The topological polar surface area (TPSA) is 88.7 Å². The van der Waals surface area contributed by atoms with Crippen molar-refractivity contribution in [2.75, 3.05) is 20.2 Å². The minimum Gasteiger partial charge on any atom is -0.493 e. The Morgan fingerprint density at radius 1 is 1.12 bits per heavy atom. The Hall–Kier alpha value is -2.93. The molecule has 3 amide bonds. The van der Waals surface area contributed by atoms with E-state index < -0.39 is 0 Å². The summed E-state index contributed by atoms with van der Waals surface area (Å²) in [6, 6.07) is 12.2. The van der Waals surface area contributed by atoms with Crippen molar-refractivity contribution < 1.29 is 19.1 Å². The maximum Gasteiger partial charge on any atom is 0.314 e. The summed E-state index contributed by atoms with van der Waals surface area (Å²) in [7, 11) is 1.55. The first-order chi connectivity index (χ1) is 15.8. The fraction of sp³-hybridized carbons (Fsp3) is 0.440. The first kappa shape index (κ1) is 24.7. The number of hydrogen-bond acceptors (Lipinski definition) is 4. The lowest BCUT2D eigenvalue weighted by Crippen LogP contribution is -2.46. The Kier molecular flexibility index (Phi) is 8.83. The zero-order chi connectivity index (χ0) is 23.8. The van der Waals surface area contributed by atoms with Crippen molar-refractivity contribution in [3.05, 3.63) is 58.6 Å². The van der Waals surface area contributed by atoms with Gasteiger partial charge in [0.25, 0.3) is 5.91 Å². The standard InChI is InChI=1S/C25H32ClN3O4/c1-16(2)33-23-11-8-19(13-22(23)26)24(30)29-20(14-28-25(31)27-3)12-17-6-9-21(10-7-17)32-15-18-4-5-18/h6-11,13,16,18,20H,4-5,12,14-15H2,1-3H3,(H,29,30)(H2,27,28,31). The van der Waals surface area contributed by atoms with Crippen LogP contribution in [-0.4, -0.2) is 44.3 Å². The number of carbonyl (C=O) groups is 2. The first-order valence-electron chi connectivity index (χ1n) is 11.3. The molecule has 1 fully saturated rings. The molecule has 0 aliphatic heterocycles. The highest BCUT2D eigenvalue weighted by Gasteiger charge is 2.22. The Morgan fingerprint density at radius 3 is 2.45 bits per heavy atom. The number of rotatable bonds is 11. The molecule has 0 heterocycles. The van der Waals surface area contributed by atoms with Crippen LogP contribution < -0.4 is 25.4 Å². The largest absolute Gasteiger partial charge is 0.493 e. The molecule has 1 saturated carbocycles. The minimum atomic E-state index is -0.321. The molecule has 8 heteroatoms. The number of urea groups is 1. The zero-order valence-corrected chi connectivity index (χ0v) is 20.1. The molecule has 2 aromatic carbocycles. The van der Waals surface area contributed by atoms with Crippen molar-refractivity contribution in [1.29, 1.82) is 0 Å². The van der Waals surface area contributed by atoms with Crippen molar-refractivity contribution in [1.82, 2.24) is 16.0 Å². The Balaban J connectivity index is 1.64. The average Bonchev–Trinajstić information content (AvgIpc) is 3.62. The lowest BCUT2D eigenvalue weighted by Gasteiger charge is -2.20. The molecule has 1 aliphatic carbocycles. The van der Waals surface area contributed by atoms with E-state index in [9.17, 15) is 9.59 Å². The molecule has 0 aromatic heterocycles. The average molecular weight is 474 g/mol. The molecule has 1 aliphatic rings. The number of amides is 3. The molecule has 2 aromatic rings. The molecule has 0 saturated heterocycles. The number of halogens is 1. The third-order valence-electron chi connectivity index (χ3n) is 5.22. The fourth-order valence-corrected chi connectivity index (χ4v) is 3.47. The molecule has 0 radical (unpaired) electrons. The van der Waals surface area contributed by atoms with Crippen molar-refractivity contribution in [3.8, 4) is 11.5 Å². The molecule has 33 heavy (non-hydrogen) atoms. The van der Waals surface area contributed by atoms with Gasteiger partial charge >= 0.3 is 6.03 Å². The number of benzene rings is 2. The second kappa shape index (κ2) is 11.8. The van der Waals surface area contributed by atoms with Gasteiger partial charge in [0.05, 0.1) is 23.8 Å². The third kappa shape index (κ3) is 8.17. The van der Waals surface area contributed by atoms with E-state index in [4.69, 9.17) is 21.1 Å². The van der Waals surface area contributed by atoms with Crippen LogP contribution in [0.5, 0.6) is 11.5 Å². The first-order valence-corrected chi connectivity index (χ1v) is 11.7. The number of nitrogens with one attached hydrogen (secondary N) is 3. The fourth-order valence-electron chi connectivity index (χ4n) is 3.24. The Labute approximate surface area is 200 Å². The van der Waals surface area contributed by atoms with Gasteiger partial charge in [-0.2, -0.15) is 0 Å². The van der Waals surface area contributed by atoms with Gasteiger partial charge in [0, 0.05) is 19.2 Å². The van der Waals surface area contributed by atoms with Crippen molar-refractivity contribution in [2.45, 2.75) is 45.3 Å². The van der Waals surface area contributed by atoms with Crippen LogP contribution in [-0.2, 0) is 6.42 Å². The van der Waals surface area contributed by atoms with Gasteiger partial charge < -0.3 is 25.4 Å². The summed E-state index contributed by atoms with van der Waals surface area (Å²) >= 11 is 6.29. The van der Waals surface area contributed by atoms with Gasteiger partial charge in [-0.15, -0.1) is 0 Å². The van der Waals surface area contributed by atoms with Crippen LogP contribution in [0.25, 0.3) is 0 Å². The summed E-state index contributed by atoms with van der Waals surface area (Å²) in [6.45, 7) is 4.85. The van der Waals surface area contributed by atoms with Gasteiger partial charge in [0.2, 0.25) is 0 Å². The smallest absolute Gasteiger partial charge is 0.314 e. The van der Waals surface area contributed by atoms with Crippen molar-refractivity contribution in [3.63, 3.8) is 0 Å². The van der Waals surface area contributed by atoms with Gasteiger partial charge in [-0.05, 0) is 74.9 Å². The zero-order valence-electron chi connectivity index (χ0n) is 19.3. The predicted molar refractivity (Wildman–Crippen MR) is 129 cm³/mol. The Bertz CT molecular complexity index is 945. The predicted octanol–water partition coefficient (Wildman–Crippen LogP) is 4.19. The summed E-state index contributed by atoms with van der Waals surface area (Å²) in [5.74, 6) is 1.79. The summed E-state index contributed by atoms with van der Waals surface area (Å²) in [5.41, 5.74) is 1.45. The molecule has 0 bridgehead atoms. The second-order valence-electron chi connectivity index (χ2n) is 8.54. The van der Waals surface area contributed by atoms with E-state index in [0.717, 1.165) is 17.9 Å². The van der Waals surface area contributed by atoms with Crippen LogP contribution >= 0.6 is 11.6 Å². The molecule has 178 valence electrons. The lowest BCUT2D eigenvalue weighted by atomic mass is 10.0. The highest BCUT2D eigenvalue weighted by atomic mass is 35.5. The van der Waals surface area contributed by atoms with E-state index in [1.807, 2.05) is 38.1 Å². The third-order valence-corrected chi connectivity index (χ3v) is 5.51. The van der Waals surface area contributed by atoms with Gasteiger partial charge in [-0.1, -0.05) is 23.7 Å². The summed E-state index contributed by atoms with van der Waals surface area (Å²) in [6.07, 6.45) is 3.02. The lowest BCUT2D eigenvalue weighted by molar-refractivity contribution is 0.0936. The maximum atomic E-state index is 12.9. The monoisotopic (exact) mass is 473 g/mol. The Morgan fingerprint density at radius 2 is 1.85 bits per heavy atom. The van der Waals surface area contributed by atoms with Gasteiger partial charge in [0.1, 0.15) is 11.5 Å². The minimum absolute atomic E-state index is 0.0205. The van der Waals surface area contributed by atoms with E-state index in [2.05, 4.69) is 16.0 Å². The van der Waals surface area contributed by atoms with Crippen molar-refractivity contribution >= 4 is 23.5 Å². The number of ether oxygens (including phenoxy) is 2. The maximum absolute atomic E-state index is 12.9. The van der Waals surface area contributed by atoms with Gasteiger partial charge in [0.15, 0.2) is 0 Å². The van der Waals surface area contributed by atoms with Crippen molar-refractivity contribution in [2.24, 2.45) is 5.92 Å². The van der Waals surface area contributed by atoms with E-state index in [1.54, 1.807) is 25.2 Å². The number of carbonyl (C=O) groups excluding carboxylic acids is 2. The summed E-state index contributed by atoms with van der Waals surface area (Å²) < 4.78 is 11.4. The van der Waals surface area contributed by atoms with Gasteiger partial charge in [-0.25, -0.2) is 4.79 Å². The summed E-state index contributed by atoms with van der Waals surface area (Å²) in [4.78, 5) is 24.6. The molecule has 7 nitrogen and oxygen atoms in total.